The molecule has 0 aromatic carbocycles. The number of hydrogen-bond donors (Lipinski definition) is 0. The summed E-state index contributed by atoms with van der Waals surface area (Å²) in [7, 11) is -3.64. The summed E-state index contributed by atoms with van der Waals surface area (Å²) in [5.74, 6) is -0.148. The van der Waals surface area contributed by atoms with Crippen molar-refractivity contribution in [1.29, 1.82) is 0 Å². The van der Waals surface area contributed by atoms with E-state index in [9.17, 15) is 13.2 Å². The molecule has 1 saturated heterocycles. The van der Waals surface area contributed by atoms with E-state index in [0.29, 0.717) is 13.1 Å². The van der Waals surface area contributed by atoms with Crippen molar-refractivity contribution in [3.8, 4) is 0 Å². The molecule has 18 heavy (non-hydrogen) atoms. The van der Waals surface area contributed by atoms with Gasteiger partial charge in [-0.2, -0.15) is 4.31 Å². The molecule has 1 aromatic heterocycles. The summed E-state index contributed by atoms with van der Waals surface area (Å²) in [4.78, 5) is 10.9. The summed E-state index contributed by atoms with van der Waals surface area (Å²) in [6.07, 6.45) is 3.77. The van der Waals surface area contributed by atoms with Gasteiger partial charge in [0.15, 0.2) is 5.76 Å². The van der Waals surface area contributed by atoms with Crippen molar-refractivity contribution in [2.45, 2.75) is 30.8 Å². The molecule has 0 amide bonds. The molecule has 2 heterocycles. The summed E-state index contributed by atoms with van der Waals surface area (Å²) in [6.45, 7) is 0.986. The van der Waals surface area contributed by atoms with E-state index in [2.05, 4.69) is 0 Å². The van der Waals surface area contributed by atoms with Crippen LogP contribution in [0.2, 0.25) is 0 Å². The molecule has 1 aliphatic heterocycles. The third-order valence-electron chi connectivity index (χ3n) is 2.93. The maximum absolute atomic E-state index is 12.3. The van der Waals surface area contributed by atoms with Gasteiger partial charge in [-0.15, -0.1) is 0 Å². The van der Waals surface area contributed by atoms with E-state index in [1.54, 1.807) is 0 Å². The van der Waals surface area contributed by atoms with Crippen molar-refractivity contribution in [2.24, 2.45) is 0 Å². The number of carbonyl (C=O) groups excluding carboxylic acids is 1. The fraction of sp³-hybridized carbons (Fsp3) is 0.545. The Labute approximate surface area is 111 Å². The SMILES string of the molecule is O=C(Cl)c1ccc(S(=O)(=O)N2CCCCCC2)o1. The topological polar surface area (TPSA) is 67.6 Å². The van der Waals surface area contributed by atoms with Gasteiger partial charge in [0.2, 0.25) is 5.09 Å². The van der Waals surface area contributed by atoms with Crippen molar-refractivity contribution >= 4 is 26.9 Å². The Kier molecular flexibility index (Phi) is 4.09. The lowest BCUT2D eigenvalue weighted by molar-refractivity contribution is 0.105. The highest BCUT2D eigenvalue weighted by Crippen LogP contribution is 2.22. The minimum Gasteiger partial charge on any atom is -0.439 e. The van der Waals surface area contributed by atoms with Gasteiger partial charge < -0.3 is 4.42 Å². The normalized spacial score (nSPS) is 18.5. The Morgan fingerprint density at radius 2 is 1.78 bits per heavy atom. The summed E-state index contributed by atoms with van der Waals surface area (Å²) < 4.78 is 30.9. The lowest BCUT2D eigenvalue weighted by Crippen LogP contribution is -2.31. The van der Waals surface area contributed by atoms with Crippen LogP contribution in [0.25, 0.3) is 0 Å². The zero-order valence-corrected chi connectivity index (χ0v) is 11.3. The van der Waals surface area contributed by atoms with Gasteiger partial charge in [0.05, 0.1) is 0 Å². The zero-order chi connectivity index (χ0) is 13.2. The first-order valence-corrected chi connectivity index (χ1v) is 7.63. The summed E-state index contributed by atoms with van der Waals surface area (Å²) in [5.41, 5.74) is 0. The summed E-state index contributed by atoms with van der Waals surface area (Å²) in [5, 5.41) is -1.01. The van der Waals surface area contributed by atoms with Crippen LogP contribution >= 0.6 is 11.6 Å². The van der Waals surface area contributed by atoms with Gasteiger partial charge >= 0.3 is 0 Å². The largest absolute Gasteiger partial charge is 0.439 e. The minimum absolute atomic E-state index is 0.148. The number of carbonyl (C=O) groups is 1. The number of furan rings is 1. The third-order valence-corrected chi connectivity index (χ3v) is 4.89. The van der Waals surface area contributed by atoms with Gasteiger partial charge in [0.25, 0.3) is 15.3 Å². The lowest BCUT2D eigenvalue weighted by Gasteiger charge is -2.17. The molecule has 0 aliphatic carbocycles. The standard InChI is InChI=1S/C11H14ClNO4S/c12-11(14)9-5-6-10(17-9)18(15,16)13-7-3-1-2-4-8-13/h5-6H,1-4,7-8H2. The fourth-order valence-electron chi connectivity index (χ4n) is 1.97. The third kappa shape index (κ3) is 2.76. The first-order chi connectivity index (χ1) is 8.51. The maximum Gasteiger partial charge on any atom is 0.287 e. The monoisotopic (exact) mass is 291 g/mol. The summed E-state index contributed by atoms with van der Waals surface area (Å²) >= 11 is 5.24. The molecule has 0 N–H and O–H groups in total. The molecular weight excluding hydrogens is 278 g/mol. The molecule has 0 radical (unpaired) electrons. The van der Waals surface area contributed by atoms with Gasteiger partial charge in [0.1, 0.15) is 0 Å². The molecule has 0 atom stereocenters. The smallest absolute Gasteiger partial charge is 0.287 e. The van der Waals surface area contributed by atoms with Crippen molar-refractivity contribution in [1.82, 2.24) is 4.31 Å². The van der Waals surface area contributed by atoms with Crippen LogP contribution in [0.5, 0.6) is 0 Å². The predicted molar refractivity (Wildman–Crippen MR) is 66.1 cm³/mol. The number of halogens is 1. The molecule has 0 saturated carbocycles. The van der Waals surface area contributed by atoms with Gasteiger partial charge in [-0.25, -0.2) is 8.42 Å². The van der Waals surface area contributed by atoms with Crippen molar-refractivity contribution < 1.29 is 17.6 Å². The second-order valence-electron chi connectivity index (χ2n) is 4.21. The second kappa shape index (κ2) is 5.42. The van der Waals surface area contributed by atoms with Gasteiger partial charge in [0, 0.05) is 13.1 Å². The van der Waals surface area contributed by atoms with Crippen LogP contribution < -0.4 is 0 Å². The Morgan fingerprint density at radius 1 is 1.17 bits per heavy atom. The van der Waals surface area contributed by atoms with E-state index in [4.69, 9.17) is 16.0 Å². The van der Waals surface area contributed by atoms with Crippen LogP contribution in [0.1, 0.15) is 36.2 Å². The van der Waals surface area contributed by atoms with Crippen LogP contribution in [0.3, 0.4) is 0 Å². The van der Waals surface area contributed by atoms with Crippen LogP contribution in [0.15, 0.2) is 21.6 Å². The molecule has 5 nitrogen and oxygen atoms in total. The van der Waals surface area contributed by atoms with Crippen molar-refractivity contribution in [2.75, 3.05) is 13.1 Å². The van der Waals surface area contributed by atoms with Gasteiger partial charge in [-0.1, -0.05) is 12.8 Å². The summed E-state index contributed by atoms with van der Waals surface area (Å²) in [6, 6.07) is 2.55. The minimum atomic E-state index is -3.64. The zero-order valence-electron chi connectivity index (χ0n) is 9.76. The highest BCUT2D eigenvalue weighted by Gasteiger charge is 2.28. The molecule has 0 spiro atoms. The van der Waals surface area contributed by atoms with Crippen LogP contribution in [0, 0.1) is 0 Å². The fourth-order valence-corrected chi connectivity index (χ4v) is 3.50. The van der Waals surface area contributed by atoms with Gasteiger partial charge in [-0.05, 0) is 36.6 Å². The maximum atomic E-state index is 12.3. The number of hydrogen-bond acceptors (Lipinski definition) is 4. The second-order valence-corrected chi connectivity index (χ2v) is 6.42. The molecule has 0 bridgehead atoms. The Bertz CT molecular complexity index is 529. The molecule has 1 fully saturated rings. The Morgan fingerprint density at radius 3 is 2.28 bits per heavy atom. The number of nitrogens with zero attached hydrogens (tertiary/aromatic N) is 1. The average molecular weight is 292 g/mol. The molecule has 1 aromatic rings. The molecule has 100 valence electrons. The molecule has 7 heteroatoms. The van der Waals surface area contributed by atoms with E-state index in [1.807, 2.05) is 0 Å². The van der Waals surface area contributed by atoms with Crippen LogP contribution in [-0.4, -0.2) is 31.1 Å². The molecule has 2 rings (SSSR count). The molecular formula is C11H14ClNO4S. The van der Waals surface area contributed by atoms with E-state index in [0.717, 1.165) is 25.7 Å². The van der Waals surface area contributed by atoms with E-state index in [1.165, 1.54) is 16.4 Å². The Balaban J connectivity index is 2.25. The first-order valence-electron chi connectivity index (χ1n) is 5.81. The van der Waals surface area contributed by atoms with Crippen LogP contribution in [0.4, 0.5) is 0 Å². The quantitative estimate of drug-likeness (QED) is 0.801. The van der Waals surface area contributed by atoms with E-state index < -0.39 is 15.3 Å². The highest BCUT2D eigenvalue weighted by atomic mass is 35.5. The highest BCUT2D eigenvalue weighted by molar-refractivity contribution is 7.89. The van der Waals surface area contributed by atoms with Crippen molar-refractivity contribution in [3.05, 3.63) is 17.9 Å². The molecule has 0 unspecified atom stereocenters. The molecule has 1 aliphatic rings. The average Bonchev–Trinajstić information content (AvgIpc) is 2.66. The first kappa shape index (κ1) is 13.6. The Hall–Kier alpha value is -0.850. The van der Waals surface area contributed by atoms with Gasteiger partial charge in [-0.3, -0.25) is 4.79 Å². The number of sulfonamides is 1. The number of rotatable bonds is 3. The lowest BCUT2D eigenvalue weighted by atomic mass is 10.2. The van der Waals surface area contributed by atoms with Crippen LogP contribution in [-0.2, 0) is 10.0 Å². The predicted octanol–water partition coefficient (Wildman–Crippen LogP) is 2.22. The van der Waals surface area contributed by atoms with Crippen molar-refractivity contribution in [3.63, 3.8) is 0 Å². The van der Waals surface area contributed by atoms with E-state index in [-0.39, 0.29) is 10.9 Å². The van der Waals surface area contributed by atoms with E-state index >= 15 is 0 Å².